The van der Waals surface area contributed by atoms with E-state index in [9.17, 15) is 9.59 Å². The lowest BCUT2D eigenvalue weighted by molar-refractivity contribution is -0.118. The molecule has 26 heavy (non-hydrogen) atoms. The fourth-order valence-electron chi connectivity index (χ4n) is 3.34. The number of thiophene rings is 1. The molecule has 5 nitrogen and oxygen atoms in total. The Morgan fingerprint density at radius 3 is 2.77 bits per heavy atom. The Morgan fingerprint density at radius 2 is 2.00 bits per heavy atom. The van der Waals surface area contributed by atoms with Crippen LogP contribution in [0.5, 0.6) is 0 Å². The molecule has 2 heterocycles. The van der Waals surface area contributed by atoms with Gasteiger partial charge in [-0.15, -0.1) is 11.3 Å². The molecule has 0 radical (unpaired) electrons. The molecule has 1 N–H and O–H groups in total. The maximum Gasteiger partial charge on any atom is 0.263 e. The van der Waals surface area contributed by atoms with Gasteiger partial charge in [0.1, 0.15) is 10.9 Å². The van der Waals surface area contributed by atoms with Crippen LogP contribution in [0, 0.1) is 0 Å². The van der Waals surface area contributed by atoms with Gasteiger partial charge in [0.25, 0.3) is 5.56 Å². The second-order valence-corrected chi connectivity index (χ2v) is 8.04. The first-order valence-electron chi connectivity index (χ1n) is 8.62. The van der Waals surface area contributed by atoms with Crippen LogP contribution < -0.4 is 10.9 Å². The van der Waals surface area contributed by atoms with Gasteiger partial charge < -0.3 is 5.32 Å². The van der Waals surface area contributed by atoms with Gasteiger partial charge in [0.05, 0.1) is 11.7 Å². The van der Waals surface area contributed by atoms with Crippen LogP contribution >= 0.6 is 22.9 Å². The number of rotatable bonds is 3. The number of anilines is 1. The summed E-state index contributed by atoms with van der Waals surface area (Å²) in [6, 6.07) is 6.21. The zero-order valence-electron chi connectivity index (χ0n) is 14.3. The molecule has 1 aliphatic carbocycles. The van der Waals surface area contributed by atoms with Crippen molar-refractivity contribution in [3.63, 3.8) is 0 Å². The lowest BCUT2D eigenvalue weighted by atomic mass is 9.97. The highest BCUT2D eigenvalue weighted by Crippen LogP contribution is 2.33. The number of carbonyl (C=O) groups is 1. The summed E-state index contributed by atoms with van der Waals surface area (Å²) in [4.78, 5) is 32.1. The molecule has 0 spiro atoms. The van der Waals surface area contributed by atoms with Gasteiger partial charge in [-0.1, -0.05) is 11.6 Å². The third kappa shape index (κ3) is 3.04. The van der Waals surface area contributed by atoms with Crippen molar-refractivity contribution in [3.05, 3.63) is 56.4 Å². The Balaban J connectivity index is 1.67. The van der Waals surface area contributed by atoms with Crippen LogP contribution in [0.25, 0.3) is 10.2 Å². The molecule has 4 rings (SSSR count). The number of amides is 1. The molecule has 0 saturated carbocycles. The number of fused-ring (bicyclic) bond motifs is 3. The number of nitrogens with zero attached hydrogens (tertiary/aromatic N) is 2. The minimum Gasteiger partial charge on any atom is -0.324 e. The summed E-state index contributed by atoms with van der Waals surface area (Å²) in [7, 11) is 0. The van der Waals surface area contributed by atoms with Gasteiger partial charge >= 0.3 is 0 Å². The molecule has 1 aliphatic rings. The van der Waals surface area contributed by atoms with E-state index < -0.39 is 6.04 Å². The topological polar surface area (TPSA) is 64.0 Å². The van der Waals surface area contributed by atoms with Crippen molar-refractivity contribution in [1.82, 2.24) is 9.55 Å². The molecule has 7 heteroatoms. The minimum atomic E-state index is -0.658. The maximum absolute atomic E-state index is 13.0. The van der Waals surface area contributed by atoms with Crippen molar-refractivity contribution < 1.29 is 4.79 Å². The summed E-state index contributed by atoms with van der Waals surface area (Å²) >= 11 is 7.47. The van der Waals surface area contributed by atoms with Crippen LogP contribution in [0.1, 0.15) is 36.2 Å². The lowest BCUT2D eigenvalue weighted by Crippen LogP contribution is -2.32. The highest BCUT2D eigenvalue weighted by molar-refractivity contribution is 7.18. The van der Waals surface area contributed by atoms with E-state index in [1.807, 2.05) is 0 Å². The van der Waals surface area contributed by atoms with Crippen molar-refractivity contribution >= 4 is 44.7 Å². The van der Waals surface area contributed by atoms with Gasteiger partial charge in [-0.2, -0.15) is 0 Å². The van der Waals surface area contributed by atoms with E-state index in [1.54, 1.807) is 42.5 Å². The summed E-state index contributed by atoms with van der Waals surface area (Å²) in [5.41, 5.74) is 1.64. The predicted molar refractivity (Wildman–Crippen MR) is 105 cm³/mol. The smallest absolute Gasteiger partial charge is 0.263 e. The van der Waals surface area contributed by atoms with E-state index in [-0.39, 0.29) is 11.5 Å². The Hall–Kier alpha value is -2.18. The summed E-state index contributed by atoms with van der Waals surface area (Å²) < 4.78 is 1.43. The number of nitrogens with one attached hydrogen (secondary N) is 1. The van der Waals surface area contributed by atoms with Crippen LogP contribution in [0.4, 0.5) is 5.69 Å². The molecule has 134 valence electrons. The Kier molecular flexibility index (Phi) is 4.54. The quantitative estimate of drug-likeness (QED) is 0.732. The largest absolute Gasteiger partial charge is 0.324 e. The molecule has 1 atom stereocenters. The SMILES string of the molecule is CC(C(=O)Nc1ccc(Cl)cc1)n1cnc2sc3c(c2c1=O)CCCC3. The average Bonchev–Trinajstić information content (AvgIpc) is 3.02. The van der Waals surface area contributed by atoms with Crippen LogP contribution in [0.2, 0.25) is 5.02 Å². The Labute approximate surface area is 159 Å². The molecule has 0 fully saturated rings. The number of halogens is 1. The minimum absolute atomic E-state index is 0.131. The molecular weight excluding hydrogens is 370 g/mol. The number of hydrogen-bond donors (Lipinski definition) is 1. The molecule has 0 bridgehead atoms. The maximum atomic E-state index is 13.0. The average molecular weight is 388 g/mol. The number of aryl methyl sites for hydroxylation is 2. The molecule has 0 saturated heterocycles. The normalized spacial score (nSPS) is 14.8. The van der Waals surface area contributed by atoms with E-state index in [4.69, 9.17) is 11.6 Å². The second-order valence-electron chi connectivity index (χ2n) is 6.52. The highest BCUT2D eigenvalue weighted by Gasteiger charge is 2.23. The van der Waals surface area contributed by atoms with Crippen molar-refractivity contribution in [2.45, 2.75) is 38.6 Å². The number of benzene rings is 1. The third-order valence-electron chi connectivity index (χ3n) is 4.81. The van der Waals surface area contributed by atoms with Gasteiger partial charge in [-0.3, -0.25) is 14.2 Å². The molecule has 3 aromatic rings. The summed E-state index contributed by atoms with van der Waals surface area (Å²) in [5.74, 6) is -0.264. The van der Waals surface area contributed by atoms with Gasteiger partial charge in [0.2, 0.25) is 5.91 Å². The van der Waals surface area contributed by atoms with Gasteiger partial charge in [0, 0.05) is 15.6 Å². The fraction of sp³-hybridized carbons (Fsp3) is 0.316. The first-order chi connectivity index (χ1) is 12.5. The van der Waals surface area contributed by atoms with Crippen LogP contribution in [0.15, 0.2) is 35.4 Å². The first-order valence-corrected chi connectivity index (χ1v) is 9.82. The van der Waals surface area contributed by atoms with Gasteiger partial charge in [0.15, 0.2) is 0 Å². The van der Waals surface area contributed by atoms with E-state index in [2.05, 4.69) is 10.3 Å². The molecule has 1 aromatic carbocycles. The molecule has 1 amide bonds. The zero-order valence-corrected chi connectivity index (χ0v) is 15.9. The Bertz CT molecular complexity index is 1040. The summed E-state index contributed by atoms with van der Waals surface area (Å²) in [6.07, 6.45) is 5.68. The van der Waals surface area contributed by atoms with Gasteiger partial charge in [-0.05, 0) is 62.4 Å². The third-order valence-corrected chi connectivity index (χ3v) is 6.26. The predicted octanol–water partition coefficient (Wildman–Crippen LogP) is 4.19. The van der Waals surface area contributed by atoms with Crippen molar-refractivity contribution in [2.24, 2.45) is 0 Å². The van der Waals surface area contributed by atoms with Crippen LogP contribution in [-0.4, -0.2) is 15.5 Å². The molecule has 2 aromatic heterocycles. The molecule has 0 aliphatic heterocycles. The number of aromatic nitrogens is 2. The van der Waals surface area contributed by atoms with Crippen molar-refractivity contribution in [3.8, 4) is 0 Å². The molecular formula is C19H18ClN3O2S. The fourth-order valence-corrected chi connectivity index (χ4v) is 4.69. The Morgan fingerprint density at radius 1 is 1.27 bits per heavy atom. The second kappa shape index (κ2) is 6.85. The van der Waals surface area contributed by atoms with Crippen LogP contribution in [0.3, 0.4) is 0 Å². The van der Waals surface area contributed by atoms with Crippen LogP contribution in [-0.2, 0) is 17.6 Å². The zero-order chi connectivity index (χ0) is 18.3. The highest BCUT2D eigenvalue weighted by atomic mass is 35.5. The molecule has 1 unspecified atom stereocenters. The number of hydrogen-bond acceptors (Lipinski definition) is 4. The van der Waals surface area contributed by atoms with E-state index in [0.717, 1.165) is 36.1 Å². The number of carbonyl (C=O) groups excluding carboxylic acids is 1. The standard InChI is InChI=1S/C19H18ClN3O2S/c1-11(17(24)22-13-8-6-12(20)7-9-13)23-10-21-18-16(19(23)25)14-4-2-3-5-15(14)26-18/h6-11H,2-5H2,1H3,(H,22,24). The first kappa shape index (κ1) is 17.2. The van der Waals surface area contributed by atoms with Gasteiger partial charge in [-0.25, -0.2) is 4.98 Å². The monoisotopic (exact) mass is 387 g/mol. The van der Waals surface area contributed by atoms with Crippen molar-refractivity contribution in [1.29, 1.82) is 0 Å². The van der Waals surface area contributed by atoms with E-state index in [1.165, 1.54) is 15.8 Å². The van der Waals surface area contributed by atoms with E-state index >= 15 is 0 Å². The lowest BCUT2D eigenvalue weighted by Gasteiger charge is -2.15. The summed E-state index contributed by atoms with van der Waals surface area (Å²) in [6.45, 7) is 1.71. The van der Waals surface area contributed by atoms with E-state index in [0.29, 0.717) is 16.1 Å². The summed E-state index contributed by atoms with van der Waals surface area (Å²) in [5, 5.41) is 4.11. The van der Waals surface area contributed by atoms with Crippen molar-refractivity contribution in [2.75, 3.05) is 5.32 Å².